The molecule has 1 fully saturated rings. The van der Waals surface area contributed by atoms with Gasteiger partial charge in [0.1, 0.15) is 0 Å². The van der Waals surface area contributed by atoms with Crippen molar-refractivity contribution in [2.45, 2.75) is 39.2 Å². The van der Waals surface area contributed by atoms with Gasteiger partial charge < -0.3 is 5.73 Å². The Bertz CT molecular complexity index is 358. The standard InChI is InChI=1S/C15H24N2/c1-3-17(11-13-6-4-7-13)12(2)14-8-5-9-15(16)10-14/h5,8-10,12-13H,3-4,6-7,11,16H2,1-2H3. The fourth-order valence-electron chi connectivity index (χ4n) is 2.60. The lowest BCUT2D eigenvalue weighted by Gasteiger charge is -2.35. The van der Waals surface area contributed by atoms with Gasteiger partial charge in [-0.2, -0.15) is 0 Å². The van der Waals surface area contributed by atoms with Crippen molar-refractivity contribution >= 4 is 5.69 Å². The van der Waals surface area contributed by atoms with Gasteiger partial charge in [-0.05, 0) is 49.9 Å². The van der Waals surface area contributed by atoms with E-state index in [9.17, 15) is 0 Å². The molecule has 1 aromatic rings. The molecule has 2 N–H and O–H groups in total. The molecule has 17 heavy (non-hydrogen) atoms. The third-order valence-corrected chi connectivity index (χ3v) is 4.06. The molecule has 0 amide bonds. The van der Waals surface area contributed by atoms with Crippen molar-refractivity contribution in [3.8, 4) is 0 Å². The fraction of sp³-hybridized carbons (Fsp3) is 0.600. The van der Waals surface area contributed by atoms with Crippen molar-refractivity contribution in [2.75, 3.05) is 18.8 Å². The van der Waals surface area contributed by atoms with Gasteiger partial charge in [0.2, 0.25) is 0 Å². The molecule has 0 aliphatic heterocycles. The van der Waals surface area contributed by atoms with E-state index in [1.165, 1.54) is 31.4 Å². The van der Waals surface area contributed by atoms with Gasteiger partial charge in [-0.15, -0.1) is 0 Å². The predicted molar refractivity (Wildman–Crippen MR) is 73.9 cm³/mol. The zero-order chi connectivity index (χ0) is 12.3. The largest absolute Gasteiger partial charge is 0.399 e. The number of rotatable bonds is 5. The minimum absolute atomic E-state index is 0.476. The van der Waals surface area contributed by atoms with Crippen LogP contribution in [0.2, 0.25) is 0 Å². The Kier molecular flexibility index (Phi) is 4.06. The minimum atomic E-state index is 0.476. The number of benzene rings is 1. The Balaban J connectivity index is 2.02. The van der Waals surface area contributed by atoms with Crippen LogP contribution >= 0.6 is 0 Å². The maximum Gasteiger partial charge on any atom is 0.0320 e. The maximum atomic E-state index is 5.86. The monoisotopic (exact) mass is 232 g/mol. The van der Waals surface area contributed by atoms with E-state index in [0.29, 0.717) is 6.04 Å². The molecule has 1 atom stereocenters. The second-order valence-corrected chi connectivity index (χ2v) is 5.23. The molecule has 0 bridgehead atoms. The van der Waals surface area contributed by atoms with Gasteiger partial charge in [0.05, 0.1) is 0 Å². The summed E-state index contributed by atoms with van der Waals surface area (Å²) in [6.07, 6.45) is 4.26. The highest BCUT2D eigenvalue weighted by atomic mass is 15.1. The molecule has 1 saturated carbocycles. The third-order valence-electron chi connectivity index (χ3n) is 4.06. The Morgan fingerprint density at radius 3 is 2.71 bits per heavy atom. The molecular formula is C15H24N2. The van der Waals surface area contributed by atoms with Gasteiger partial charge in [-0.3, -0.25) is 4.90 Å². The summed E-state index contributed by atoms with van der Waals surface area (Å²) in [4.78, 5) is 2.57. The van der Waals surface area contributed by atoms with Crippen molar-refractivity contribution in [1.82, 2.24) is 4.90 Å². The number of nitrogens with zero attached hydrogens (tertiary/aromatic N) is 1. The van der Waals surface area contributed by atoms with Gasteiger partial charge >= 0.3 is 0 Å². The fourth-order valence-corrected chi connectivity index (χ4v) is 2.60. The van der Waals surface area contributed by atoms with E-state index in [4.69, 9.17) is 5.73 Å². The van der Waals surface area contributed by atoms with Gasteiger partial charge in [-0.25, -0.2) is 0 Å². The van der Waals surface area contributed by atoms with Crippen molar-refractivity contribution in [3.05, 3.63) is 29.8 Å². The van der Waals surface area contributed by atoms with Crippen LogP contribution in [0.15, 0.2) is 24.3 Å². The van der Waals surface area contributed by atoms with Crippen LogP contribution < -0.4 is 5.73 Å². The van der Waals surface area contributed by atoms with E-state index in [1.807, 2.05) is 6.07 Å². The van der Waals surface area contributed by atoms with E-state index >= 15 is 0 Å². The Morgan fingerprint density at radius 1 is 1.41 bits per heavy atom. The van der Waals surface area contributed by atoms with Crippen molar-refractivity contribution in [1.29, 1.82) is 0 Å². The molecule has 1 aliphatic carbocycles. The van der Waals surface area contributed by atoms with E-state index < -0.39 is 0 Å². The number of hydrogen-bond acceptors (Lipinski definition) is 2. The molecule has 2 rings (SSSR count). The molecule has 0 aromatic heterocycles. The lowest BCUT2D eigenvalue weighted by atomic mass is 9.84. The molecule has 2 heteroatoms. The lowest BCUT2D eigenvalue weighted by Crippen LogP contribution is -2.34. The summed E-state index contributed by atoms with van der Waals surface area (Å²) in [6, 6.07) is 8.78. The Morgan fingerprint density at radius 2 is 2.18 bits per heavy atom. The van der Waals surface area contributed by atoms with E-state index in [1.54, 1.807) is 0 Å². The second-order valence-electron chi connectivity index (χ2n) is 5.23. The number of nitrogen functional groups attached to an aromatic ring is 1. The first-order valence-corrected chi connectivity index (χ1v) is 6.80. The van der Waals surface area contributed by atoms with Crippen molar-refractivity contribution < 1.29 is 0 Å². The highest BCUT2D eigenvalue weighted by Gasteiger charge is 2.23. The second kappa shape index (κ2) is 5.54. The normalized spacial score (nSPS) is 18.1. The molecule has 2 nitrogen and oxygen atoms in total. The van der Waals surface area contributed by atoms with E-state index in [2.05, 4.69) is 36.9 Å². The summed E-state index contributed by atoms with van der Waals surface area (Å²) in [5.41, 5.74) is 8.07. The van der Waals surface area contributed by atoms with Crippen LogP contribution in [0.4, 0.5) is 5.69 Å². The summed E-state index contributed by atoms with van der Waals surface area (Å²) in [6.45, 7) is 6.90. The average Bonchev–Trinajstić information content (AvgIpc) is 2.27. The lowest BCUT2D eigenvalue weighted by molar-refractivity contribution is 0.146. The van der Waals surface area contributed by atoms with Gasteiger partial charge in [0.25, 0.3) is 0 Å². The Labute approximate surface area is 105 Å². The van der Waals surface area contributed by atoms with Crippen LogP contribution in [0.25, 0.3) is 0 Å². The molecule has 0 heterocycles. The van der Waals surface area contributed by atoms with Crippen LogP contribution in [0.5, 0.6) is 0 Å². The van der Waals surface area contributed by atoms with Crippen molar-refractivity contribution in [2.24, 2.45) is 5.92 Å². The van der Waals surface area contributed by atoms with Gasteiger partial charge in [0, 0.05) is 18.3 Å². The van der Waals surface area contributed by atoms with Gasteiger partial charge in [0.15, 0.2) is 0 Å². The average molecular weight is 232 g/mol. The van der Waals surface area contributed by atoms with E-state index in [0.717, 1.165) is 18.2 Å². The molecule has 0 spiro atoms. The summed E-state index contributed by atoms with van der Waals surface area (Å²) in [5, 5.41) is 0. The third kappa shape index (κ3) is 3.01. The van der Waals surface area contributed by atoms with Gasteiger partial charge in [-0.1, -0.05) is 25.5 Å². The number of hydrogen-bond donors (Lipinski definition) is 1. The smallest absolute Gasteiger partial charge is 0.0320 e. The first-order valence-electron chi connectivity index (χ1n) is 6.80. The SMILES string of the molecule is CCN(CC1CCC1)C(C)c1cccc(N)c1. The molecule has 0 radical (unpaired) electrons. The van der Waals surface area contributed by atoms with Crippen LogP contribution in [-0.2, 0) is 0 Å². The minimum Gasteiger partial charge on any atom is -0.399 e. The van der Waals surface area contributed by atoms with Crippen LogP contribution in [0.3, 0.4) is 0 Å². The molecule has 94 valence electrons. The zero-order valence-electron chi connectivity index (χ0n) is 11.0. The van der Waals surface area contributed by atoms with Crippen molar-refractivity contribution in [3.63, 3.8) is 0 Å². The summed E-state index contributed by atoms with van der Waals surface area (Å²) < 4.78 is 0. The molecule has 1 aliphatic rings. The summed E-state index contributed by atoms with van der Waals surface area (Å²) in [7, 11) is 0. The first-order chi connectivity index (χ1) is 8.20. The van der Waals surface area contributed by atoms with Crippen LogP contribution in [0, 0.1) is 5.92 Å². The maximum absolute atomic E-state index is 5.86. The predicted octanol–water partition coefficient (Wildman–Crippen LogP) is 3.45. The van der Waals surface area contributed by atoms with Crippen LogP contribution in [0.1, 0.15) is 44.7 Å². The molecule has 1 aromatic carbocycles. The summed E-state index contributed by atoms with van der Waals surface area (Å²) in [5.74, 6) is 0.929. The summed E-state index contributed by atoms with van der Waals surface area (Å²) >= 11 is 0. The topological polar surface area (TPSA) is 29.3 Å². The van der Waals surface area contributed by atoms with Crippen LogP contribution in [-0.4, -0.2) is 18.0 Å². The Hall–Kier alpha value is -1.02. The zero-order valence-corrected chi connectivity index (χ0v) is 11.0. The number of anilines is 1. The highest BCUT2D eigenvalue weighted by Crippen LogP contribution is 2.30. The highest BCUT2D eigenvalue weighted by molar-refractivity contribution is 5.41. The van der Waals surface area contributed by atoms with E-state index in [-0.39, 0.29) is 0 Å². The number of nitrogens with two attached hydrogens (primary N) is 1. The molecule has 0 saturated heterocycles. The molecule has 1 unspecified atom stereocenters. The first kappa shape index (κ1) is 12.4. The quantitative estimate of drug-likeness (QED) is 0.788. The molecular weight excluding hydrogens is 208 g/mol.